The predicted octanol–water partition coefficient (Wildman–Crippen LogP) is 3.23. The minimum Gasteiger partial charge on any atom is -0.444 e. The Hall–Kier alpha value is -2.87. The minimum absolute atomic E-state index is 0.00387. The van der Waals surface area contributed by atoms with Crippen LogP contribution in [-0.4, -0.2) is 73.1 Å². The lowest BCUT2D eigenvalue weighted by Crippen LogP contribution is -2.49. The van der Waals surface area contributed by atoms with Crippen LogP contribution >= 0.6 is 11.6 Å². The van der Waals surface area contributed by atoms with Gasteiger partial charge in [0.1, 0.15) is 10.6 Å². The molecule has 0 saturated carbocycles. The van der Waals surface area contributed by atoms with E-state index in [9.17, 15) is 18.0 Å². The van der Waals surface area contributed by atoms with Crippen molar-refractivity contribution < 1.29 is 22.7 Å². The molecule has 1 aromatic carbocycles. The number of hydrogen-bond donors (Lipinski definition) is 3. The number of rotatable bonds is 8. The number of anilines is 2. The number of nitrogens with zero attached hydrogens (tertiary/aromatic N) is 3. The molecule has 14 heteroatoms. The third kappa shape index (κ3) is 7.87. The molecular weight excluding hydrogens is 560 g/mol. The molecule has 1 unspecified atom stereocenters. The topological polar surface area (TPSA) is 144 Å². The van der Waals surface area contributed by atoms with E-state index >= 15 is 0 Å². The summed E-state index contributed by atoms with van der Waals surface area (Å²) in [7, 11) is -3.71. The highest BCUT2D eigenvalue weighted by Gasteiger charge is 2.31. The molecule has 12 nitrogen and oxygen atoms in total. The number of alkyl carbamates (subject to hydrolysis) is 1. The maximum atomic E-state index is 13.1. The van der Waals surface area contributed by atoms with Crippen LogP contribution in [0, 0.1) is 5.92 Å². The van der Waals surface area contributed by atoms with Crippen molar-refractivity contribution >= 4 is 39.3 Å². The molecule has 40 heavy (non-hydrogen) atoms. The molecule has 0 spiro atoms. The monoisotopic (exact) mass is 596 g/mol. The second-order valence-electron chi connectivity index (χ2n) is 11.0. The number of carbonyl (C=O) groups is 1. The van der Waals surface area contributed by atoms with Gasteiger partial charge in [-0.1, -0.05) is 29.8 Å². The molecule has 1 aromatic heterocycles. The third-order valence-electron chi connectivity index (χ3n) is 6.80. The van der Waals surface area contributed by atoms with Crippen molar-refractivity contribution in [3.8, 4) is 0 Å². The fourth-order valence-corrected chi connectivity index (χ4v) is 6.22. The SMILES string of the molecule is CC(C)(C)OC(=O)NC1CCOC[C@@H]1CNc1cnn(C2CCN(S(=O)(=O)Nc3ccccc3)CC2)c(=O)c1Cl. The molecule has 2 atom stereocenters. The number of ether oxygens (including phenoxy) is 2. The third-order valence-corrected chi connectivity index (χ3v) is 8.71. The maximum absolute atomic E-state index is 13.1. The number of piperidine rings is 1. The molecule has 1 amide bonds. The fraction of sp³-hybridized carbons (Fsp3) is 0.577. The summed E-state index contributed by atoms with van der Waals surface area (Å²) in [5, 5.41) is 10.4. The molecule has 4 rings (SSSR count). The van der Waals surface area contributed by atoms with Crippen LogP contribution in [0.5, 0.6) is 0 Å². The first-order valence-corrected chi connectivity index (χ1v) is 15.2. The van der Waals surface area contributed by atoms with Crippen LogP contribution < -0.4 is 20.9 Å². The predicted molar refractivity (Wildman–Crippen MR) is 153 cm³/mol. The Bertz CT molecular complexity index is 1330. The molecule has 0 radical (unpaired) electrons. The van der Waals surface area contributed by atoms with Crippen LogP contribution in [0.4, 0.5) is 16.2 Å². The van der Waals surface area contributed by atoms with Gasteiger partial charge < -0.3 is 20.1 Å². The van der Waals surface area contributed by atoms with Crippen molar-refractivity contribution in [1.29, 1.82) is 0 Å². The van der Waals surface area contributed by atoms with Gasteiger partial charge in [-0.2, -0.15) is 17.8 Å². The van der Waals surface area contributed by atoms with Crippen LogP contribution in [-0.2, 0) is 19.7 Å². The van der Waals surface area contributed by atoms with Crippen LogP contribution in [0.2, 0.25) is 5.02 Å². The lowest BCUT2D eigenvalue weighted by molar-refractivity contribution is 0.0210. The number of nitrogens with one attached hydrogen (secondary N) is 3. The zero-order chi connectivity index (χ0) is 28.9. The normalized spacial score (nSPS) is 21.0. The van der Waals surface area contributed by atoms with Gasteiger partial charge in [-0.25, -0.2) is 9.48 Å². The summed E-state index contributed by atoms with van der Waals surface area (Å²) in [6.45, 7) is 7.26. The molecule has 220 valence electrons. The average molecular weight is 597 g/mol. The lowest BCUT2D eigenvalue weighted by atomic mass is 9.95. The van der Waals surface area contributed by atoms with Gasteiger partial charge in [-0.3, -0.25) is 9.52 Å². The summed E-state index contributed by atoms with van der Waals surface area (Å²) < 4.78 is 41.8. The van der Waals surface area contributed by atoms with E-state index in [-0.39, 0.29) is 36.1 Å². The van der Waals surface area contributed by atoms with Crippen molar-refractivity contribution in [1.82, 2.24) is 19.4 Å². The molecule has 3 N–H and O–H groups in total. The summed E-state index contributed by atoms with van der Waals surface area (Å²) >= 11 is 6.45. The molecule has 2 aliphatic rings. The van der Waals surface area contributed by atoms with Crippen molar-refractivity contribution in [3.05, 3.63) is 51.9 Å². The van der Waals surface area contributed by atoms with Crippen molar-refractivity contribution in [2.75, 3.05) is 42.9 Å². The zero-order valence-corrected chi connectivity index (χ0v) is 24.5. The summed E-state index contributed by atoms with van der Waals surface area (Å²) in [6, 6.07) is 8.25. The highest BCUT2D eigenvalue weighted by molar-refractivity contribution is 7.90. The van der Waals surface area contributed by atoms with E-state index in [1.807, 2.05) is 6.07 Å². The Morgan fingerprint density at radius 3 is 2.55 bits per heavy atom. The van der Waals surface area contributed by atoms with Gasteiger partial charge in [-0.05, 0) is 52.2 Å². The van der Waals surface area contributed by atoms with E-state index in [2.05, 4.69) is 20.5 Å². The van der Waals surface area contributed by atoms with E-state index in [1.165, 1.54) is 15.2 Å². The first-order valence-electron chi connectivity index (χ1n) is 13.3. The van der Waals surface area contributed by atoms with Crippen molar-refractivity contribution in [2.45, 2.75) is 57.7 Å². The van der Waals surface area contributed by atoms with Gasteiger partial charge in [0, 0.05) is 43.9 Å². The smallest absolute Gasteiger partial charge is 0.407 e. The molecular formula is C26H37ClN6O6S. The number of carbonyl (C=O) groups excluding carboxylic acids is 1. The van der Waals surface area contributed by atoms with Gasteiger partial charge in [0.25, 0.3) is 5.56 Å². The number of halogens is 1. The first-order chi connectivity index (χ1) is 18.9. The van der Waals surface area contributed by atoms with Crippen LogP contribution in [0.3, 0.4) is 0 Å². The molecule has 2 aliphatic heterocycles. The first kappa shape index (κ1) is 30.1. The number of aromatic nitrogens is 2. The summed E-state index contributed by atoms with van der Waals surface area (Å²) in [5.74, 6) is -0.0736. The maximum Gasteiger partial charge on any atom is 0.407 e. The summed E-state index contributed by atoms with van der Waals surface area (Å²) in [6.07, 6.45) is 2.49. The highest BCUT2D eigenvalue weighted by Crippen LogP contribution is 2.26. The molecule has 2 aromatic rings. The molecule has 0 bridgehead atoms. The largest absolute Gasteiger partial charge is 0.444 e. The standard InChI is InChI=1S/C26H37ClN6O6S/c1-26(2,3)39-25(35)30-21-11-14-38-17-18(21)15-28-22-16-29-33(24(34)23(22)27)20-9-12-32(13-10-20)40(36,37)31-19-7-5-4-6-8-19/h4-8,16,18,20-21,28,31H,9-15,17H2,1-3H3,(H,30,35)/t18-,21?/m0/s1. The second-order valence-corrected chi connectivity index (χ2v) is 13.0. The zero-order valence-electron chi connectivity index (χ0n) is 22.9. The van der Waals surface area contributed by atoms with Gasteiger partial charge in [0.15, 0.2) is 0 Å². The Morgan fingerprint density at radius 2 is 1.88 bits per heavy atom. The second kappa shape index (κ2) is 12.8. The van der Waals surface area contributed by atoms with E-state index in [4.69, 9.17) is 21.1 Å². The Morgan fingerprint density at radius 1 is 1.18 bits per heavy atom. The van der Waals surface area contributed by atoms with E-state index in [0.717, 1.165) is 0 Å². The number of para-hydroxylation sites is 1. The Labute approximate surface area is 239 Å². The number of hydrogen-bond acceptors (Lipinski definition) is 8. The molecule has 3 heterocycles. The number of benzene rings is 1. The van der Waals surface area contributed by atoms with Gasteiger partial charge >= 0.3 is 16.3 Å². The van der Waals surface area contributed by atoms with Crippen molar-refractivity contribution in [3.63, 3.8) is 0 Å². The van der Waals surface area contributed by atoms with Crippen LogP contribution in [0.25, 0.3) is 0 Å². The fourth-order valence-electron chi connectivity index (χ4n) is 4.76. The lowest BCUT2D eigenvalue weighted by Gasteiger charge is -2.33. The molecule has 2 fully saturated rings. The summed E-state index contributed by atoms with van der Waals surface area (Å²) in [4.78, 5) is 25.4. The van der Waals surface area contributed by atoms with Crippen molar-refractivity contribution in [2.24, 2.45) is 5.92 Å². The summed E-state index contributed by atoms with van der Waals surface area (Å²) in [5.41, 5.74) is -0.171. The Kier molecular flexibility index (Phi) is 9.60. The highest BCUT2D eigenvalue weighted by atomic mass is 35.5. The quantitative estimate of drug-likeness (QED) is 0.421. The molecule has 0 aliphatic carbocycles. The molecule has 2 saturated heterocycles. The van der Waals surface area contributed by atoms with Gasteiger partial charge in [-0.15, -0.1) is 0 Å². The van der Waals surface area contributed by atoms with Crippen LogP contribution in [0.1, 0.15) is 46.1 Å². The van der Waals surface area contributed by atoms with E-state index in [0.29, 0.717) is 50.4 Å². The minimum atomic E-state index is -3.71. The van der Waals surface area contributed by atoms with E-state index in [1.54, 1.807) is 45.0 Å². The van der Waals surface area contributed by atoms with Crippen LogP contribution in [0.15, 0.2) is 41.3 Å². The number of amides is 1. The Balaban J connectivity index is 1.34. The van der Waals surface area contributed by atoms with Gasteiger partial charge in [0.05, 0.1) is 24.5 Å². The van der Waals surface area contributed by atoms with Gasteiger partial charge in [0.2, 0.25) is 0 Å². The average Bonchev–Trinajstić information content (AvgIpc) is 2.90. The van der Waals surface area contributed by atoms with E-state index < -0.39 is 27.5 Å².